The number of carbonyl (C=O) groups excluding carboxylic acids is 3. The molecule has 2 fully saturated rings. The van der Waals surface area contributed by atoms with E-state index in [1.165, 1.54) is 29.2 Å². The van der Waals surface area contributed by atoms with E-state index in [0.29, 0.717) is 38.3 Å². The van der Waals surface area contributed by atoms with Crippen LogP contribution in [0.1, 0.15) is 28.9 Å². The number of pyridine rings is 1. The van der Waals surface area contributed by atoms with Crippen LogP contribution in [-0.4, -0.2) is 87.4 Å². The first-order valence-corrected chi connectivity index (χ1v) is 11.1. The Morgan fingerprint density at radius 3 is 2.45 bits per heavy atom. The summed E-state index contributed by atoms with van der Waals surface area (Å²) in [5.74, 6) is -1.13. The van der Waals surface area contributed by atoms with E-state index in [0.717, 1.165) is 0 Å². The summed E-state index contributed by atoms with van der Waals surface area (Å²) in [6.45, 7) is 1.82. The van der Waals surface area contributed by atoms with Gasteiger partial charge in [-0.15, -0.1) is 0 Å². The Kier molecular flexibility index (Phi) is 6.98. The Labute approximate surface area is 191 Å². The molecule has 2 atom stereocenters. The highest BCUT2D eigenvalue weighted by Crippen LogP contribution is 2.23. The molecular weight excluding hydrogens is 427 g/mol. The zero-order valence-electron chi connectivity index (χ0n) is 18.3. The number of aliphatic hydroxyl groups excluding tert-OH is 1. The Hall–Kier alpha value is -3.33. The summed E-state index contributed by atoms with van der Waals surface area (Å²) in [6.07, 6.45) is 1.85. The summed E-state index contributed by atoms with van der Waals surface area (Å²) in [6, 6.07) is 9.81. The second kappa shape index (κ2) is 10.1. The lowest BCUT2D eigenvalue weighted by molar-refractivity contribution is -0.136. The molecule has 1 aromatic heterocycles. The van der Waals surface area contributed by atoms with Gasteiger partial charge in [0.2, 0.25) is 11.8 Å². The van der Waals surface area contributed by atoms with Crippen LogP contribution < -0.4 is 0 Å². The molecule has 0 aliphatic carbocycles. The molecule has 1 aromatic carbocycles. The van der Waals surface area contributed by atoms with Crippen LogP contribution in [0.3, 0.4) is 0 Å². The maximum atomic E-state index is 13.3. The molecule has 2 aliphatic rings. The van der Waals surface area contributed by atoms with Crippen LogP contribution in [0.5, 0.6) is 0 Å². The minimum atomic E-state index is -0.799. The fraction of sp³-hybridized carbons (Fsp3) is 0.417. The number of hydrogen-bond acceptors (Lipinski definition) is 5. The molecule has 0 saturated carbocycles. The van der Waals surface area contributed by atoms with Gasteiger partial charge in [-0.05, 0) is 42.8 Å². The summed E-state index contributed by atoms with van der Waals surface area (Å²) in [5.41, 5.74) is 0.972. The van der Waals surface area contributed by atoms with Gasteiger partial charge in [-0.2, -0.15) is 0 Å². The first-order valence-electron chi connectivity index (χ1n) is 11.1. The van der Waals surface area contributed by atoms with E-state index in [-0.39, 0.29) is 36.8 Å². The number of β-amino-alcohol motifs (C(OH)–C–C–N with tert-alkyl or cyclic N) is 1. The van der Waals surface area contributed by atoms with E-state index in [9.17, 15) is 23.9 Å². The molecule has 0 radical (unpaired) electrons. The first kappa shape index (κ1) is 22.8. The van der Waals surface area contributed by atoms with Crippen molar-refractivity contribution in [3.63, 3.8) is 0 Å². The number of hydrogen-bond donors (Lipinski definition) is 1. The molecule has 1 N–H and O–H groups in total. The Bertz CT molecular complexity index is 1000. The third kappa shape index (κ3) is 5.36. The molecule has 2 aromatic rings. The number of aromatic nitrogens is 1. The average Bonchev–Trinajstić information content (AvgIpc) is 3.04. The fourth-order valence-corrected chi connectivity index (χ4v) is 4.40. The highest BCUT2D eigenvalue weighted by molar-refractivity contribution is 5.98. The van der Waals surface area contributed by atoms with Crippen LogP contribution in [-0.2, 0) is 16.0 Å². The second-order valence-corrected chi connectivity index (χ2v) is 8.43. The van der Waals surface area contributed by atoms with E-state index in [1.807, 2.05) is 12.1 Å². The number of likely N-dealkylation sites (tertiary alicyclic amines) is 1. The van der Waals surface area contributed by atoms with Gasteiger partial charge >= 0.3 is 0 Å². The van der Waals surface area contributed by atoms with Gasteiger partial charge in [0.25, 0.3) is 5.91 Å². The molecule has 4 rings (SSSR count). The van der Waals surface area contributed by atoms with Gasteiger partial charge in [0.1, 0.15) is 11.9 Å². The molecule has 2 saturated heterocycles. The third-order valence-corrected chi connectivity index (χ3v) is 6.13. The number of aliphatic hydroxyl groups is 1. The van der Waals surface area contributed by atoms with Crippen molar-refractivity contribution in [2.45, 2.75) is 31.4 Å². The van der Waals surface area contributed by atoms with Crippen LogP contribution in [0.2, 0.25) is 0 Å². The zero-order valence-corrected chi connectivity index (χ0v) is 18.3. The molecule has 3 amide bonds. The molecular formula is C24H27FN4O4. The van der Waals surface area contributed by atoms with E-state index < -0.39 is 23.9 Å². The number of benzene rings is 1. The zero-order chi connectivity index (χ0) is 23.4. The van der Waals surface area contributed by atoms with Crippen molar-refractivity contribution in [1.29, 1.82) is 0 Å². The van der Waals surface area contributed by atoms with Gasteiger partial charge < -0.3 is 19.8 Å². The maximum Gasteiger partial charge on any atom is 0.254 e. The van der Waals surface area contributed by atoms with Gasteiger partial charge in [0.05, 0.1) is 12.5 Å². The largest absolute Gasteiger partial charge is 0.391 e. The third-order valence-electron chi connectivity index (χ3n) is 6.13. The summed E-state index contributed by atoms with van der Waals surface area (Å²) >= 11 is 0. The molecule has 33 heavy (non-hydrogen) atoms. The Morgan fingerprint density at radius 1 is 1.00 bits per heavy atom. The predicted molar refractivity (Wildman–Crippen MR) is 118 cm³/mol. The molecule has 2 unspecified atom stereocenters. The minimum Gasteiger partial charge on any atom is -0.391 e. The number of halogens is 1. The lowest BCUT2D eigenvalue weighted by Crippen LogP contribution is -2.49. The quantitative estimate of drug-likeness (QED) is 0.747. The van der Waals surface area contributed by atoms with Crippen molar-refractivity contribution in [3.8, 4) is 0 Å². The highest BCUT2D eigenvalue weighted by Gasteiger charge is 2.41. The normalized spacial score (nSPS) is 21.1. The van der Waals surface area contributed by atoms with Gasteiger partial charge in [0, 0.05) is 56.6 Å². The van der Waals surface area contributed by atoms with Gasteiger partial charge in [-0.3, -0.25) is 19.4 Å². The minimum absolute atomic E-state index is 0.0348. The van der Waals surface area contributed by atoms with Gasteiger partial charge in [-0.1, -0.05) is 6.07 Å². The molecule has 3 heterocycles. The van der Waals surface area contributed by atoms with Gasteiger partial charge in [-0.25, -0.2) is 4.39 Å². The summed E-state index contributed by atoms with van der Waals surface area (Å²) in [7, 11) is 0. The fourth-order valence-electron chi connectivity index (χ4n) is 4.40. The Morgan fingerprint density at radius 2 is 1.73 bits per heavy atom. The topological polar surface area (TPSA) is 94.1 Å². The van der Waals surface area contributed by atoms with Crippen molar-refractivity contribution in [1.82, 2.24) is 19.7 Å². The Balaban J connectivity index is 1.40. The van der Waals surface area contributed by atoms with E-state index in [1.54, 1.807) is 22.1 Å². The lowest BCUT2D eigenvalue weighted by Gasteiger charge is -2.29. The van der Waals surface area contributed by atoms with Crippen LogP contribution in [0.4, 0.5) is 4.39 Å². The van der Waals surface area contributed by atoms with Crippen LogP contribution in [0.15, 0.2) is 48.7 Å². The predicted octanol–water partition coefficient (Wildman–Crippen LogP) is 1.10. The average molecular weight is 455 g/mol. The number of amides is 3. The van der Waals surface area contributed by atoms with Crippen LogP contribution in [0, 0.1) is 5.82 Å². The molecule has 8 nitrogen and oxygen atoms in total. The summed E-state index contributed by atoms with van der Waals surface area (Å²) in [4.78, 5) is 47.9. The number of carbonyl (C=O) groups is 3. The standard InChI is InChI=1S/C24H27FN4O4/c25-18-7-5-17(6-8-18)23(32)29-16-20(30)15-21(29)24(33)28-11-3-10-27(12-13-28)22(31)14-19-4-1-2-9-26-19/h1-2,4-9,20-21,30H,3,10-16H2. The molecule has 0 spiro atoms. The van der Waals surface area contributed by atoms with Crippen molar-refractivity contribution in [3.05, 3.63) is 65.7 Å². The van der Waals surface area contributed by atoms with Crippen LogP contribution >= 0.6 is 0 Å². The monoisotopic (exact) mass is 454 g/mol. The maximum absolute atomic E-state index is 13.3. The molecule has 174 valence electrons. The van der Waals surface area contributed by atoms with Crippen molar-refractivity contribution in [2.24, 2.45) is 0 Å². The first-order chi connectivity index (χ1) is 15.9. The van der Waals surface area contributed by atoms with E-state index in [2.05, 4.69) is 4.98 Å². The van der Waals surface area contributed by atoms with E-state index in [4.69, 9.17) is 0 Å². The summed E-state index contributed by atoms with van der Waals surface area (Å²) < 4.78 is 13.2. The van der Waals surface area contributed by atoms with Crippen molar-refractivity contribution < 1.29 is 23.9 Å². The smallest absolute Gasteiger partial charge is 0.254 e. The molecule has 0 bridgehead atoms. The summed E-state index contributed by atoms with van der Waals surface area (Å²) in [5, 5.41) is 10.2. The van der Waals surface area contributed by atoms with Gasteiger partial charge in [0.15, 0.2) is 0 Å². The molecule has 2 aliphatic heterocycles. The molecule has 9 heteroatoms. The van der Waals surface area contributed by atoms with E-state index >= 15 is 0 Å². The van der Waals surface area contributed by atoms with Crippen LogP contribution in [0.25, 0.3) is 0 Å². The highest BCUT2D eigenvalue weighted by atomic mass is 19.1. The number of nitrogens with zero attached hydrogens (tertiary/aromatic N) is 4. The second-order valence-electron chi connectivity index (χ2n) is 8.43. The number of rotatable bonds is 4. The van der Waals surface area contributed by atoms with Crippen molar-refractivity contribution >= 4 is 17.7 Å². The lowest BCUT2D eigenvalue weighted by atomic mass is 10.1. The SMILES string of the molecule is O=C(Cc1ccccn1)N1CCCN(C(=O)C2CC(O)CN2C(=O)c2ccc(F)cc2)CC1. The van der Waals surface area contributed by atoms with Crippen molar-refractivity contribution in [2.75, 3.05) is 32.7 Å².